The number of carbonyl (C=O) groups is 1. The highest BCUT2D eigenvalue weighted by Gasteiger charge is 1.77. The Balaban J connectivity index is 0. The van der Waals surface area contributed by atoms with Gasteiger partial charge in [0.1, 0.15) is 0 Å². The van der Waals surface area contributed by atoms with Crippen molar-refractivity contribution in [2.45, 2.75) is 20.3 Å². The average Bonchev–Trinajstić information content (AvgIpc) is 1.91. The first-order valence-electron chi connectivity index (χ1n) is 2.88. The highest BCUT2D eigenvalue weighted by Crippen LogP contribution is 1.67. The summed E-state index contributed by atoms with van der Waals surface area (Å²) in [7, 11) is 0. The summed E-state index contributed by atoms with van der Waals surface area (Å²) in [5.41, 5.74) is 0. The second kappa shape index (κ2) is 11.2. The van der Waals surface area contributed by atoms with Gasteiger partial charge in [-0.1, -0.05) is 6.92 Å². The van der Waals surface area contributed by atoms with E-state index in [1.165, 1.54) is 6.92 Å². The monoisotopic (exact) mass is 150 g/mol. The van der Waals surface area contributed by atoms with Gasteiger partial charge in [-0.2, -0.15) is 5.90 Å². The Morgan fingerprint density at radius 2 is 1.90 bits per heavy atom. The molecule has 62 valence electrons. The van der Waals surface area contributed by atoms with Crippen LogP contribution in [0.25, 0.3) is 0 Å². The topological polar surface area (TPSA) is 87.6 Å². The summed E-state index contributed by atoms with van der Waals surface area (Å²) in [5, 5.41) is 0. The van der Waals surface area contributed by atoms with Crippen LogP contribution < -0.4 is 11.8 Å². The molecule has 0 radical (unpaired) electrons. The van der Waals surface area contributed by atoms with Crippen LogP contribution in [0.5, 0.6) is 0 Å². The van der Waals surface area contributed by atoms with Gasteiger partial charge in [-0.05, 0) is 6.42 Å². The zero-order chi connectivity index (χ0) is 8.41. The van der Waals surface area contributed by atoms with Crippen LogP contribution in [-0.2, 0) is 14.5 Å². The van der Waals surface area contributed by atoms with Crippen LogP contribution in [0, 0.1) is 0 Å². The Labute approximate surface area is 60.2 Å². The summed E-state index contributed by atoms with van der Waals surface area (Å²) in [6, 6.07) is 0. The van der Waals surface area contributed by atoms with Crippen molar-refractivity contribution in [1.82, 2.24) is 0 Å². The van der Waals surface area contributed by atoms with E-state index in [2.05, 4.69) is 21.5 Å². The van der Waals surface area contributed by atoms with E-state index >= 15 is 0 Å². The number of hydrogen-bond acceptors (Lipinski definition) is 5. The Morgan fingerprint density at radius 3 is 1.90 bits per heavy atom. The summed E-state index contributed by atoms with van der Waals surface area (Å²) in [6.45, 7) is 3.91. The normalized spacial score (nSPS) is 7.60. The lowest BCUT2D eigenvalue weighted by atomic mass is 10.5. The third-order valence-corrected chi connectivity index (χ3v) is 0.488. The van der Waals surface area contributed by atoms with Crippen LogP contribution in [0.3, 0.4) is 0 Å². The number of carbonyl (C=O) groups excluding carboxylic acids is 1. The van der Waals surface area contributed by atoms with Crippen molar-refractivity contribution in [1.29, 1.82) is 0 Å². The molecule has 0 atom stereocenters. The van der Waals surface area contributed by atoms with E-state index in [1.807, 2.05) is 6.92 Å². The van der Waals surface area contributed by atoms with Crippen molar-refractivity contribution in [2.24, 2.45) is 11.8 Å². The Morgan fingerprint density at radius 1 is 1.50 bits per heavy atom. The quantitative estimate of drug-likeness (QED) is 0.528. The minimum Gasteiger partial charge on any atom is -0.374 e. The summed E-state index contributed by atoms with van der Waals surface area (Å²) in [5.74, 6) is 8.49. The molecule has 4 N–H and O–H groups in total. The summed E-state index contributed by atoms with van der Waals surface area (Å²) < 4.78 is 0. The molecule has 0 amide bonds. The SMILES string of the molecule is CC(=O)ON.CCCON. The van der Waals surface area contributed by atoms with Crippen molar-refractivity contribution in [3.05, 3.63) is 0 Å². The van der Waals surface area contributed by atoms with E-state index in [9.17, 15) is 4.79 Å². The molecule has 0 aliphatic carbocycles. The predicted octanol–water partition coefficient (Wildman–Crippen LogP) is -0.290. The van der Waals surface area contributed by atoms with Crippen molar-refractivity contribution < 1.29 is 14.5 Å². The van der Waals surface area contributed by atoms with Crippen LogP contribution in [-0.4, -0.2) is 12.6 Å². The molecule has 0 aliphatic rings. The third kappa shape index (κ3) is 26.4. The first-order chi connectivity index (χ1) is 4.68. The van der Waals surface area contributed by atoms with Crippen molar-refractivity contribution in [3.63, 3.8) is 0 Å². The second-order valence-electron chi connectivity index (χ2n) is 1.48. The zero-order valence-electron chi connectivity index (χ0n) is 6.29. The zero-order valence-corrected chi connectivity index (χ0v) is 6.29. The van der Waals surface area contributed by atoms with E-state index in [1.54, 1.807) is 0 Å². The van der Waals surface area contributed by atoms with E-state index in [4.69, 9.17) is 0 Å². The molecule has 0 saturated carbocycles. The number of hydrogen-bond donors (Lipinski definition) is 2. The maximum atomic E-state index is 9.47. The van der Waals surface area contributed by atoms with E-state index in [0.29, 0.717) is 6.61 Å². The molecule has 0 rings (SSSR count). The maximum Gasteiger partial charge on any atom is 0.321 e. The molecule has 0 spiro atoms. The Hall–Kier alpha value is -0.650. The van der Waals surface area contributed by atoms with Gasteiger partial charge in [-0.3, -0.25) is 4.79 Å². The van der Waals surface area contributed by atoms with Gasteiger partial charge in [0.05, 0.1) is 6.61 Å². The van der Waals surface area contributed by atoms with E-state index in [-0.39, 0.29) is 0 Å². The average molecular weight is 150 g/mol. The summed E-state index contributed by atoms with van der Waals surface area (Å²) in [6.07, 6.45) is 0.997. The molecule has 5 nitrogen and oxygen atoms in total. The standard InChI is InChI=1S/C3H9NO.C2H5NO2/c1-2-3-5-4;1-2(4)5-3/h2-4H2,1H3;3H2,1H3. The molecule has 0 aromatic rings. The molecule has 0 unspecified atom stereocenters. The Kier molecular flexibility index (Phi) is 13.5. The number of rotatable bonds is 2. The van der Waals surface area contributed by atoms with Crippen LogP contribution in [0.2, 0.25) is 0 Å². The van der Waals surface area contributed by atoms with Crippen LogP contribution in [0.4, 0.5) is 0 Å². The molecule has 0 aromatic heterocycles. The summed E-state index contributed by atoms with van der Waals surface area (Å²) in [4.78, 5) is 17.3. The van der Waals surface area contributed by atoms with Gasteiger partial charge in [0.2, 0.25) is 0 Å². The highest BCUT2D eigenvalue weighted by molar-refractivity contribution is 5.65. The second-order valence-corrected chi connectivity index (χ2v) is 1.48. The van der Waals surface area contributed by atoms with Crippen molar-refractivity contribution in [2.75, 3.05) is 6.61 Å². The Bertz CT molecular complexity index is 75.3. The van der Waals surface area contributed by atoms with E-state index in [0.717, 1.165) is 6.42 Å². The molecule has 10 heavy (non-hydrogen) atoms. The third-order valence-electron chi connectivity index (χ3n) is 0.488. The lowest BCUT2D eigenvalue weighted by Crippen LogP contribution is -2.03. The van der Waals surface area contributed by atoms with Crippen molar-refractivity contribution in [3.8, 4) is 0 Å². The van der Waals surface area contributed by atoms with Crippen LogP contribution >= 0.6 is 0 Å². The minimum absolute atomic E-state index is 0.468. The van der Waals surface area contributed by atoms with Gasteiger partial charge in [-0.15, -0.1) is 0 Å². The van der Waals surface area contributed by atoms with Gasteiger partial charge in [0, 0.05) is 6.92 Å². The molecule has 0 saturated heterocycles. The molecule has 0 bridgehead atoms. The van der Waals surface area contributed by atoms with Crippen molar-refractivity contribution >= 4 is 5.97 Å². The predicted molar refractivity (Wildman–Crippen MR) is 36.4 cm³/mol. The van der Waals surface area contributed by atoms with Gasteiger partial charge >= 0.3 is 5.97 Å². The van der Waals surface area contributed by atoms with E-state index < -0.39 is 5.97 Å². The van der Waals surface area contributed by atoms with Crippen LogP contribution in [0.15, 0.2) is 0 Å². The van der Waals surface area contributed by atoms with Gasteiger partial charge in [-0.25, -0.2) is 5.90 Å². The molecule has 0 fully saturated rings. The lowest BCUT2D eigenvalue weighted by Gasteiger charge is -1.83. The van der Waals surface area contributed by atoms with Gasteiger partial charge in [0.25, 0.3) is 0 Å². The summed E-state index contributed by atoms with van der Waals surface area (Å²) >= 11 is 0. The highest BCUT2D eigenvalue weighted by atomic mass is 16.7. The molecule has 0 heterocycles. The fourth-order valence-corrected chi connectivity index (χ4v) is 0.118. The largest absolute Gasteiger partial charge is 0.374 e. The molecule has 0 aliphatic heterocycles. The minimum atomic E-state index is -0.468. The van der Waals surface area contributed by atoms with Gasteiger partial charge < -0.3 is 9.68 Å². The lowest BCUT2D eigenvalue weighted by molar-refractivity contribution is -0.141. The smallest absolute Gasteiger partial charge is 0.321 e. The van der Waals surface area contributed by atoms with Crippen LogP contribution in [0.1, 0.15) is 20.3 Å². The fourth-order valence-electron chi connectivity index (χ4n) is 0.118. The molecule has 5 heteroatoms. The van der Waals surface area contributed by atoms with Gasteiger partial charge in [0.15, 0.2) is 0 Å². The fraction of sp³-hybridized carbons (Fsp3) is 0.800. The number of nitrogens with two attached hydrogens (primary N) is 2. The molecule has 0 aromatic carbocycles. The first kappa shape index (κ1) is 12.1. The first-order valence-corrected chi connectivity index (χ1v) is 2.88. The maximum absolute atomic E-state index is 9.47. The molecular weight excluding hydrogens is 136 g/mol. The molecular formula is C5H14N2O3.